The van der Waals surface area contributed by atoms with Gasteiger partial charge in [0.05, 0.1) is 19.6 Å². The molecule has 1 fully saturated rings. The number of hydrogen-bond acceptors (Lipinski definition) is 5. The van der Waals surface area contributed by atoms with E-state index in [2.05, 4.69) is 15.4 Å². The van der Waals surface area contributed by atoms with E-state index in [1.54, 1.807) is 17.0 Å². The molecule has 1 aliphatic heterocycles. The monoisotopic (exact) mass is 333 g/mol. The van der Waals surface area contributed by atoms with Crippen LogP contribution < -0.4 is 15.5 Å². The minimum Gasteiger partial charge on any atom is -0.468 e. The molecule has 3 amide bonds. The number of ether oxygens (including phenoxy) is 1. The van der Waals surface area contributed by atoms with Crippen molar-refractivity contribution in [3.63, 3.8) is 0 Å². The van der Waals surface area contributed by atoms with E-state index >= 15 is 0 Å². The van der Waals surface area contributed by atoms with Gasteiger partial charge in [0.1, 0.15) is 6.54 Å². The number of anilines is 1. The summed E-state index contributed by atoms with van der Waals surface area (Å²) in [4.78, 5) is 48.1. The highest BCUT2D eigenvalue weighted by Gasteiger charge is 2.35. The lowest BCUT2D eigenvalue weighted by atomic mass is 10.1. The summed E-state index contributed by atoms with van der Waals surface area (Å²) in [6.45, 7) is -0.237. The third kappa shape index (κ3) is 4.55. The van der Waals surface area contributed by atoms with Crippen molar-refractivity contribution >= 4 is 29.4 Å². The van der Waals surface area contributed by atoms with Gasteiger partial charge in [0.2, 0.25) is 17.7 Å². The molecule has 24 heavy (non-hydrogen) atoms. The molecule has 128 valence electrons. The van der Waals surface area contributed by atoms with Gasteiger partial charge < -0.3 is 20.3 Å². The lowest BCUT2D eigenvalue weighted by Crippen LogP contribution is -2.41. The first-order valence-corrected chi connectivity index (χ1v) is 7.48. The molecular weight excluding hydrogens is 314 g/mol. The van der Waals surface area contributed by atoms with Gasteiger partial charge in [-0.15, -0.1) is 0 Å². The molecule has 0 bridgehead atoms. The fourth-order valence-corrected chi connectivity index (χ4v) is 2.36. The lowest BCUT2D eigenvalue weighted by Gasteiger charge is -2.16. The highest BCUT2D eigenvalue weighted by molar-refractivity contribution is 6.00. The molecule has 1 aromatic rings. The largest absolute Gasteiger partial charge is 0.468 e. The molecule has 0 saturated carbocycles. The number of benzene rings is 1. The maximum absolute atomic E-state index is 12.1. The van der Waals surface area contributed by atoms with Crippen LogP contribution in [-0.2, 0) is 23.9 Å². The molecule has 1 saturated heterocycles. The van der Waals surface area contributed by atoms with Crippen LogP contribution in [0.4, 0.5) is 5.69 Å². The molecule has 0 radical (unpaired) electrons. The first-order chi connectivity index (χ1) is 11.5. The maximum Gasteiger partial charge on any atom is 0.325 e. The number of methoxy groups -OCH3 is 1. The van der Waals surface area contributed by atoms with Crippen LogP contribution in [0.2, 0.25) is 0 Å². The van der Waals surface area contributed by atoms with Crippen molar-refractivity contribution in [2.24, 2.45) is 5.92 Å². The Labute approximate surface area is 139 Å². The van der Waals surface area contributed by atoms with Crippen LogP contribution in [0, 0.1) is 5.92 Å². The van der Waals surface area contributed by atoms with Crippen LogP contribution in [0.3, 0.4) is 0 Å². The van der Waals surface area contributed by atoms with E-state index in [4.69, 9.17) is 0 Å². The Kier molecular flexibility index (Phi) is 5.89. The smallest absolute Gasteiger partial charge is 0.325 e. The Bertz CT molecular complexity index is 632. The topological polar surface area (TPSA) is 105 Å². The van der Waals surface area contributed by atoms with E-state index in [0.29, 0.717) is 0 Å². The van der Waals surface area contributed by atoms with Crippen LogP contribution >= 0.6 is 0 Å². The van der Waals surface area contributed by atoms with Gasteiger partial charge in [-0.25, -0.2) is 0 Å². The Balaban J connectivity index is 1.80. The molecule has 8 nitrogen and oxygen atoms in total. The summed E-state index contributed by atoms with van der Waals surface area (Å²) in [5, 5.41) is 4.79. The van der Waals surface area contributed by atoms with Crippen molar-refractivity contribution in [2.75, 3.05) is 31.6 Å². The number of amides is 3. The zero-order chi connectivity index (χ0) is 17.5. The summed E-state index contributed by atoms with van der Waals surface area (Å²) in [5.41, 5.74) is 0.744. The molecule has 2 N–H and O–H groups in total. The number of rotatable bonds is 6. The van der Waals surface area contributed by atoms with Gasteiger partial charge in [0.25, 0.3) is 0 Å². The van der Waals surface area contributed by atoms with Gasteiger partial charge >= 0.3 is 5.97 Å². The van der Waals surface area contributed by atoms with Gasteiger partial charge in [-0.1, -0.05) is 18.2 Å². The molecule has 1 aromatic carbocycles. The first kappa shape index (κ1) is 17.5. The minimum atomic E-state index is -0.574. The first-order valence-electron chi connectivity index (χ1n) is 7.48. The van der Waals surface area contributed by atoms with Crippen LogP contribution in [-0.4, -0.2) is 50.4 Å². The number of carbonyl (C=O) groups is 4. The van der Waals surface area contributed by atoms with Crippen LogP contribution in [0.5, 0.6) is 0 Å². The average Bonchev–Trinajstić information content (AvgIpc) is 3.00. The van der Waals surface area contributed by atoms with E-state index in [1.807, 2.05) is 18.2 Å². The van der Waals surface area contributed by atoms with E-state index in [9.17, 15) is 19.2 Å². The summed E-state index contributed by atoms with van der Waals surface area (Å²) < 4.78 is 4.39. The Hall–Kier alpha value is -2.90. The van der Waals surface area contributed by atoms with Gasteiger partial charge in [0, 0.05) is 18.7 Å². The SMILES string of the molecule is COC(=O)CNC(=O)CNC(=O)[C@@H]1CC(=O)N(c2ccccc2)C1. The molecule has 1 aliphatic rings. The van der Waals surface area contributed by atoms with Crippen molar-refractivity contribution in [2.45, 2.75) is 6.42 Å². The summed E-state index contributed by atoms with van der Waals surface area (Å²) in [7, 11) is 1.21. The van der Waals surface area contributed by atoms with Crippen molar-refractivity contribution in [3.05, 3.63) is 30.3 Å². The number of esters is 1. The Morgan fingerprint density at radius 2 is 1.88 bits per heavy atom. The summed E-state index contributed by atoms with van der Waals surface area (Å²) in [5.74, 6) is -2.08. The minimum absolute atomic E-state index is 0.102. The van der Waals surface area contributed by atoms with Gasteiger partial charge in [-0.3, -0.25) is 19.2 Å². The van der Waals surface area contributed by atoms with Crippen molar-refractivity contribution < 1.29 is 23.9 Å². The van der Waals surface area contributed by atoms with E-state index in [0.717, 1.165) is 5.69 Å². The number of nitrogens with one attached hydrogen (secondary N) is 2. The Morgan fingerprint density at radius 1 is 1.17 bits per heavy atom. The summed E-state index contributed by atoms with van der Waals surface area (Å²) in [6.07, 6.45) is 0.102. The number of nitrogens with zero attached hydrogens (tertiary/aromatic N) is 1. The maximum atomic E-state index is 12.1. The van der Waals surface area contributed by atoms with Crippen LogP contribution in [0.1, 0.15) is 6.42 Å². The molecule has 1 heterocycles. The lowest BCUT2D eigenvalue weighted by molar-refractivity contribution is -0.141. The standard InChI is InChI=1S/C16H19N3O5/c1-24-15(22)9-17-13(20)8-18-16(23)11-7-14(21)19(10-11)12-5-3-2-4-6-12/h2-6,11H,7-10H2,1H3,(H,17,20)(H,18,23)/t11-/m1/s1. The normalized spacial score (nSPS) is 16.6. The van der Waals surface area contributed by atoms with Crippen molar-refractivity contribution in [3.8, 4) is 0 Å². The summed E-state index contributed by atoms with van der Waals surface area (Å²) >= 11 is 0. The van der Waals surface area contributed by atoms with Crippen LogP contribution in [0.25, 0.3) is 0 Å². The molecule has 0 spiro atoms. The van der Waals surface area contributed by atoms with Crippen LogP contribution in [0.15, 0.2) is 30.3 Å². The molecule has 0 aromatic heterocycles. The average molecular weight is 333 g/mol. The predicted molar refractivity (Wildman–Crippen MR) is 84.9 cm³/mol. The zero-order valence-electron chi connectivity index (χ0n) is 13.3. The molecule has 8 heteroatoms. The Morgan fingerprint density at radius 3 is 2.54 bits per heavy atom. The second-order valence-corrected chi connectivity index (χ2v) is 5.31. The zero-order valence-corrected chi connectivity index (χ0v) is 13.3. The highest BCUT2D eigenvalue weighted by Crippen LogP contribution is 2.24. The van der Waals surface area contributed by atoms with Gasteiger partial charge in [-0.2, -0.15) is 0 Å². The highest BCUT2D eigenvalue weighted by atomic mass is 16.5. The number of carbonyl (C=O) groups excluding carboxylic acids is 4. The molecular formula is C16H19N3O5. The molecule has 1 atom stereocenters. The molecule has 2 rings (SSSR count). The van der Waals surface area contributed by atoms with Crippen molar-refractivity contribution in [1.29, 1.82) is 0 Å². The van der Waals surface area contributed by atoms with Gasteiger partial charge in [-0.05, 0) is 12.1 Å². The van der Waals surface area contributed by atoms with E-state index in [1.165, 1.54) is 7.11 Å². The third-order valence-electron chi connectivity index (χ3n) is 3.64. The fraction of sp³-hybridized carbons (Fsp3) is 0.375. The quantitative estimate of drug-likeness (QED) is 0.679. The van der Waals surface area contributed by atoms with E-state index < -0.39 is 17.8 Å². The number of hydrogen-bond donors (Lipinski definition) is 2. The number of para-hydroxylation sites is 1. The fourth-order valence-electron chi connectivity index (χ4n) is 2.36. The molecule has 0 aliphatic carbocycles. The van der Waals surface area contributed by atoms with Crippen molar-refractivity contribution in [1.82, 2.24) is 10.6 Å². The second kappa shape index (κ2) is 8.09. The third-order valence-corrected chi connectivity index (χ3v) is 3.64. The summed E-state index contributed by atoms with van der Waals surface area (Å²) in [6, 6.07) is 9.10. The van der Waals surface area contributed by atoms with E-state index in [-0.39, 0.29) is 37.9 Å². The predicted octanol–water partition coefficient (Wildman–Crippen LogP) is -0.555. The van der Waals surface area contributed by atoms with Gasteiger partial charge in [0.15, 0.2) is 0 Å². The molecule has 0 unspecified atom stereocenters. The second-order valence-electron chi connectivity index (χ2n) is 5.31.